The molecule has 0 spiro atoms. The molecular weight excluding hydrogens is 194 g/mol. The summed E-state index contributed by atoms with van der Waals surface area (Å²) in [4.78, 5) is 12.2. The normalized spacial score (nSPS) is 10.8. The summed E-state index contributed by atoms with van der Waals surface area (Å²) in [5, 5.41) is 17.4. The summed E-state index contributed by atoms with van der Waals surface area (Å²) in [7, 11) is 0. The number of carboxylic acid groups (broad SMARTS) is 1. The number of hydrogen-bond acceptors (Lipinski definition) is 2. The third-order valence-electron chi connectivity index (χ3n) is 2.12. The highest BCUT2D eigenvalue weighted by Crippen LogP contribution is 2.00. The van der Waals surface area contributed by atoms with E-state index in [1.165, 1.54) is 4.90 Å². The Morgan fingerprint density at radius 3 is 2.47 bits per heavy atom. The molecule has 0 aromatic rings. The molecule has 88 valence electrons. The molecule has 1 amide bonds. The molecule has 0 saturated heterocycles. The fraction of sp³-hybridized carbons (Fsp3) is 0.727. The number of amides is 1. The van der Waals surface area contributed by atoms with Crippen molar-refractivity contribution in [2.45, 2.75) is 32.6 Å². The molecule has 0 bridgehead atoms. The van der Waals surface area contributed by atoms with Gasteiger partial charge in [-0.25, -0.2) is 4.79 Å². The van der Waals surface area contributed by atoms with Crippen LogP contribution in [0.25, 0.3) is 0 Å². The summed E-state index contributed by atoms with van der Waals surface area (Å²) in [5.74, 6) is 0. The summed E-state index contributed by atoms with van der Waals surface area (Å²) >= 11 is 0. The van der Waals surface area contributed by atoms with Gasteiger partial charge in [-0.3, -0.25) is 0 Å². The first-order chi connectivity index (χ1) is 7.22. The molecule has 0 unspecified atom stereocenters. The van der Waals surface area contributed by atoms with Crippen molar-refractivity contribution in [3.05, 3.63) is 12.2 Å². The SMILES string of the molecule is CCCCN(CCC/C=C\CO)C(=O)O. The maximum atomic E-state index is 10.8. The van der Waals surface area contributed by atoms with Crippen molar-refractivity contribution in [1.29, 1.82) is 0 Å². The van der Waals surface area contributed by atoms with Gasteiger partial charge in [0.05, 0.1) is 6.61 Å². The van der Waals surface area contributed by atoms with Crippen LogP contribution >= 0.6 is 0 Å². The van der Waals surface area contributed by atoms with Crippen molar-refractivity contribution >= 4 is 6.09 Å². The molecular formula is C11H21NO3. The zero-order valence-electron chi connectivity index (χ0n) is 9.35. The molecule has 0 heterocycles. The van der Waals surface area contributed by atoms with E-state index < -0.39 is 6.09 Å². The minimum absolute atomic E-state index is 0.0540. The molecule has 4 heteroatoms. The van der Waals surface area contributed by atoms with Crippen LogP contribution in [-0.2, 0) is 0 Å². The third kappa shape index (κ3) is 8.00. The number of carbonyl (C=O) groups is 1. The Morgan fingerprint density at radius 1 is 1.27 bits per heavy atom. The number of aliphatic hydroxyl groups excluding tert-OH is 1. The van der Waals surface area contributed by atoms with Crippen molar-refractivity contribution in [1.82, 2.24) is 4.90 Å². The molecule has 4 nitrogen and oxygen atoms in total. The first-order valence-electron chi connectivity index (χ1n) is 5.46. The van der Waals surface area contributed by atoms with Gasteiger partial charge in [-0.15, -0.1) is 0 Å². The highest BCUT2D eigenvalue weighted by molar-refractivity contribution is 5.64. The van der Waals surface area contributed by atoms with Gasteiger partial charge in [0.25, 0.3) is 0 Å². The summed E-state index contributed by atoms with van der Waals surface area (Å²) < 4.78 is 0. The first-order valence-corrected chi connectivity index (χ1v) is 5.46. The Bertz CT molecular complexity index is 192. The topological polar surface area (TPSA) is 60.8 Å². The maximum absolute atomic E-state index is 10.8. The summed E-state index contributed by atoms with van der Waals surface area (Å²) in [6, 6.07) is 0. The fourth-order valence-electron chi connectivity index (χ4n) is 1.24. The van der Waals surface area contributed by atoms with Gasteiger partial charge in [0.2, 0.25) is 0 Å². The molecule has 0 aliphatic rings. The van der Waals surface area contributed by atoms with Gasteiger partial charge in [0, 0.05) is 13.1 Å². The van der Waals surface area contributed by atoms with Crippen molar-refractivity contribution in [3.8, 4) is 0 Å². The van der Waals surface area contributed by atoms with Crippen LogP contribution in [0.1, 0.15) is 32.6 Å². The monoisotopic (exact) mass is 215 g/mol. The smallest absolute Gasteiger partial charge is 0.407 e. The minimum Gasteiger partial charge on any atom is -0.465 e. The van der Waals surface area contributed by atoms with Crippen LogP contribution in [-0.4, -0.2) is 40.9 Å². The average Bonchev–Trinajstić information content (AvgIpc) is 2.21. The van der Waals surface area contributed by atoms with Crippen LogP contribution in [0.3, 0.4) is 0 Å². The maximum Gasteiger partial charge on any atom is 0.407 e. The number of aliphatic hydroxyl groups is 1. The Balaban J connectivity index is 3.66. The summed E-state index contributed by atoms with van der Waals surface area (Å²) in [5.41, 5.74) is 0. The van der Waals surface area contributed by atoms with Crippen LogP contribution in [0.2, 0.25) is 0 Å². The first kappa shape index (κ1) is 14.0. The van der Waals surface area contributed by atoms with E-state index in [1.807, 2.05) is 13.0 Å². The van der Waals surface area contributed by atoms with E-state index in [0.717, 1.165) is 25.7 Å². The molecule has 0 fully saturated rings. The van der Waals surface area contributed by atoms with Gasteiger partial charge < -0.3 is 15.1 Å². The molecule has 0 atom stereocenters. The van der Waals surface area contributed by atoms with Gasteiger partial charge >= 0.3 is 6.09 Å². The van der Waals surface area contributed by atoms with Crippen LogP contribution in [0, 0.1) is 0 Å². The third-order valence-corrected chi connectivity index (χ3v) is 2.12. The van der Waals surface area contributed by atoms with E-state index in [-0.39, 0.29) is 6.61 Å². The quantitative estimate of drug-likeness (QED) is 0.481. The summed E-state index contributed by atoms with van der Waals surface area (Å²) in [6.45, 7) is 3.29. The molecule has 0 aromatic heterocycles. The molecule has 0 aliphatic heterocycles. The second-order valence-electron chi connectivity index (χ2n) is 3.42. The van der Waals surface area contributed by atoms with Crippen molar-refractivity contribution in [2.24, 2.45) is 0 Å². The van der Waals surface area contributed by atoms with Gasteiger partial charge in [-0.2, -0.15) is 0 Å². The van der Waals surface area contributed by atoms with Crippen molar-refractivity contribution < 1.29 is 15.0 Å². The summed E-state index contributed by atoms with van der Waals surface area (Å²) in [6.07, 6.45) is 6.27. The molecule has 2 N–H and O–H groups in total. The van der Waals surface area contributed by atoms with Gasteiger partial charge in [-0.1, -0.05) is 25.5 Å². The molecule has 0 aromatic carbocycles. The van der Waals surface area contributed by atoms with E-state index in [4.69, 9.17) is 10.2 Å². The Hall–Kier alpha value is -1.03. The largest absolute Gasteiger partial charge is 0.465 e. The lowest BCUT2D eigenvalue weighted by Crippen LogP contribution is -2.31. The van der Waals surface area contributed by atoms with E-state index in [2.05, 4.69) is 0 Å². The zero-order chi connectivity index (χ0) is 11.5. The van der Waals surface area contributed by atoms with E-state index in [1.54, 1.807) is 6.08 Å². The number of unbranched alkanes of at least 4 members (excludes halogenated alkanes) is 2. The average molecular weight is 215 g/mol. The molecule has 15 heavy (non-hydrogen) atoms. The lowest BCUT2D eigenvalue weighted by Gasteiger charge is -2.18. The number of rotatable bonds is 8. The minimum atomic E-state index is -0.838. The number of nitrogens with zero attached hydrogens (tertiary/aromatic N) is 1. The molecule has 0 radical (unpaired) electrons. The Labute approximate surface area is 91.2 Å². The van der Waals surface area contributed by atoms with Crippen LogP contribution in [0.4, 0.5) is 4.79 Å². The van der Waals surface area contributed by atoms with E-state index in [0.29, 0.717) is 13.1 Å². The Morgan fingerprint density at radius 2 is 1.93 bits per heavy atom. The highest BCUT2D eigenvalue weighted by Gasteiger charge is 2.08. The highest BCUT2D eigenvalue weighted by atomic mass is 16.4. The molecule has 0 saturated carbocycles. The van der Waals surface area contributed by atoms with Crippen LogP contribution in [0.5, 0.6) is 0 Å². The van der Waals surface area contributed by atoms with Gasteiger partial charge in [0.1, 0.15) is 0 Å². The lowest BCUT2D eigenvalue weighted by molar-refractivity contribution is 0.144. The second kappa shape index (κ2) is 9.52. The molecule has 0 aliphatic carbocycles. The fourth-order valence-corrected chi connectivity index (χ4v) is 1.24. The van der Waals surface area contributed by atoms with E-state index >= 15 is 0 Å². The lowest BCUT2D eigenvalue weighted by atomic mass is 10.2. The number of allylic oxidation sites excluding steroid dienone is 1. The predicted octanol–water partition coefficient (Wildman–Crippen LogP) is 2.10. The van der Waals surface area contributed by atoms with Crippen molar-refractivity contribution in [3.63, 3.8) is 0 Å². The van der Waals surface area contributed by atoms with Gasteiger partial charge in [0.15, 0.2) is 0 Å². The van der Waals surface area contributed by atoms with Crippen molar-refractivity contribution in [2.75, 3.05) is 19.7 Å². The predicted molar refractivity (Wildman–Crippen MR) is 60.0 cm³/mol. The van der Waals surface area contributed by atoms with Crippen LogP contribution in [0.15, 0.2) is 12.2 Å². The van der Waals surface area contributed by atoms with Crippen LogP contribution < -0.4 is 0 Å². The zero-order valence-corrected chi connectivity index (χ0v) is 9.35. The van der Waals surface area contributed by atoms with Gasteiger partial charge in [-0.05, 0) is 19.3 Å². The number of hydrogen-bond donors (Lipinski definition) is 2. The Kier molecular flexibility index (Phi) is 8.87. The second-order valence-corrected chi connectivity index (χ2v) is 3.42. The standard InChI is InChI=1S/C11H21NO3/c1-2-3-8-12(11(14)15)9-6-4-5-7-10-13/h5,7,13H,2-4,6,8-10H2,1H3,(H,14,15)/b7-5-. The van der Waals surface area contributed by atoms with E-state index in [9.17, 15) is 4.79 Å². The molecule has 0 rings (SSSR count).